The van der Waals surface area contributed by atoms with E-state index in [4.69, 9.17) is 5.73 Å². The number of carbonyl (C=O) groups excluding carboxylic acids is 2. The molecule has 0 unspecified atom stereocenters. The molecule has 0 bridgehead atoms. The Hall–Kier alpha value is -2.90. The van der Waals surface area contributed by atoms with Gasteiger partial charge in [0.2, 0.25) is 11.8 Å². The Bertz CT molecular complexity index is 869. The van der Waals surface area contributed by atoms with Crippen molar-refractivity contribution in [3.05, 3.63) is 41.6 Å². The van der Waals surface area contributed by atoms with Crippen molar-refractivity contribution in [2.45, 2.75) is 38.1 Å². The van der Waals surface area contributed by atoms with Crippen LogP contribution in [0.1, 0.15) is 47.9 Å². The Kier molecular flexibility index (Phi) is 4.33. The molecular weight excluding hydrogens is 344 g/mol. The van der Waals surface area contributed by atoms with Gasteiger partial charge >= 0.3 is 0 Å². The number of carbonyl (C=O) groups is 2. The monoisotopic (exact) mass is 368 g/mol. The number of pyridine rings is 1. The molecule has 4 rings (SSSR count). The van der Waals surface area contributed by atoms with Crippen LogP contribution in [0.25, 0.3) is 0 Å². The van der Waals surface area contributed by atoms with E-state index in [9.17, 15) is 9.59 Å². The number of hydrogen-bond donors (Lipinski definition) is 2. The van der Waals surface area contributed by atoms with Gasteiger partial charge in [0.15, 0.2) is 0 Å². The minimum absolute atomic E-state index is 0.172. The Labute approximate surface area is 157 Å². The fraction of sp³-hybridized carbons (Fsp3) is 0.474. The summed E-state index contributed by atoms with van der Waals surface area (Å²) in [7, 11) is 0. The number of aromatic nitrogens is 3. The SMILES string of the molecule is CCC(=O)N1CCc2[nH]cnc2C12CCN(c1cc(C(N)=O)ccn1)CC2. The van der Waals surface area contributed by atoms with Crippen molar-refractivity contribution in [1.29, 1.82) is 0 Å². The van der Waals surface area contributed by atoms with Crippen LogP contribution >= 0.6 is 0 Å². The molecule has 0 saturated carbocycles. The average molecular weight is 368 g/mol. The van der Waals surface area contributed by atoms with Crippen LogP contribution in [-0.4, -0.2) is 51.3 Å². The number of nitrogens with one attached hydrogen (secondary N) is 1. The van der Waals surface area contributed by atoms with Crippen LogP contribution in [-0.2, 0) is 16.8 Å². The number of aromatic amines is 1. The average Bonchev–Trinajstić information content (AvgIpc) is 3.18. The molecule has 1 spiro atoms. The standard InChI is InChI=1S/C19H24N6O2/c1-2-16(26)25-8-4-14-17(23-12-22-14)19(25)5-9-24(10-6-19)15-11-13(18(20)27)3-7-21-15/h3,7,11-12H,2,4-6,8-10H2,1H3,(H2,20,27)(H,22,23). The predicted molar refractivity (Wildman–Crippen MR) is 100 cm³/mol. The summed E-state index contributed by atoms with van der Waals surface area (Å²) >= 11 is 0. The molecular formula is C19H24N6O2. The van der Waals surface area contributed by atoms with Gasteiger partial charge in [-0.25, -0.2) is 9.97 Å². The molecule has 142 valence electrons. The molecule has 2 aliphatic heterocycles. The topological polar surface area (TPSA) is 108 Å². The number of nitrogens with two attached hydrogens (primary N) is 1. The molecule has 27 heavy (non-hydrogen) atoms. The van der Waals surface area contributed by atoms with E-state index in [1.54, 1.807) is 24.7 Å². The number of piperidine rings is 1. The molecule has 2 aliphatic rings. The maximum absolute atomic E-state index is 12.7. The third-order valence-corrected chi connectivity index (χ3v) is 5.81. The normalized spacial score (nSPS) is 18.4. The van der Waals surface area contributed by atoms with E-state index < -0.39 is 5.91 Å². The molecule has 3 N–H and O–H groups in total. The first kappa shape index (κ1) is 17.5. The van der Waals surface area contributed by atoms with E-state index in [0.29, 0.717) is 12.0 Å². The molecule has 1 fully saturated rings. The summed E-state index contributed by atoms with van der Waals surface area (Å²) in [4.78, 5) is 40.5. The Morgan fingerprint density at radius 3 is 2.74 bits per heavy atom. The molecule has 4 heterocycles. The van der Waals surface area contributed by atoms with Gasteiger partial charge in [0, 0.05) is 49.9 Å². The summed E-state index contributed by atoms with van der Waals surface area (Å²) in [6, 6.07) is 3.35. The maximum atomic E-state index is 12.7. The van der Waals surface area contributed by atoms with E-state index in [1.807, 2.05) is 11.8 Å². The quantitative estimate of drug-likeness (QED) is 0.846. The zero-order chi connectivity index (χ0) is 19.0. The highest BCUT2D eigenvalue weighted by Crippen LogP contribution is 2.43. The number of imidazole rings is 1. The second-order valence-corrected chi connectivity index (χ2v) is 7.16. The number of primary amides is 1. The van der Waals surface area contributed by atoms with Crippen molar-refractivity contribution in [2.24, 2.45) is 5.73 Å². The van der Waals surface area contributed by atoms with Crippen molar-refractivity contribution in [3.8, 4) is 0 Å². The first-order chi connectivity index (χ1) is 13.0. The van der Waals surface area contributed by atoms with Crippen molar-refractivity contribution in [1.82, 2.24) is 19.9 Å². The van der Waals surface area contributed by atoms with Crippen LogP contribution in [0.5, 0.6) is 0 Å². The number of H-pyrrole nitrogens is 1. The molecule has 2 amide bonds. The third kappa shape index (κ3) is 2.85. The second kappa shape index (κ2) is 6.68. The number of hydrogen-bond acceptors (Lipinski definition) is 5. The number of anilines is 1. The second-order valence-electron chi connectivity index (χ2n) is 7.16. The van der Waals surface area contributed by atoms with Gasteiger partial charge in [-0.15, -0.1) is 0 Å². The molecule has 8 heteroatoms. The Balaban J connectivity index is 1.62. The minimum atomic E-state index is -0.458. The van der Waals surface area contributed by atoms with Crippen LogP contribution < -0.4 is 10.6 Å². The summed E-state index contributed by atoms with van der Waals surface area (Å²) in [5, 5.41) is 0. The van der Waals surface area contributed by atoms with Gasteiger partial charge in [0.1, 0.15) is 5.82 Å². The van der Waals surface area contributed by atoms with Gasteiger partial charge in [0.05, 0.1) is 17.6 Å². The first-order valence-electron chi connectivity index (χ1n) is 9.39. The highest BCUT2D eigenvalue weighted by molar-refractivity contribution is 5.93. The summed E-state index contributed by atoms with van der Waals surface area (Å²) in [6.45, 7) is 4.09. The zero-order valence-electron chi connectivity index (χ0n) is 15.4. The van der Waals surface area contributed by atoms with E-state index in [0.717, 1.165) is 56.1 Å². The van der Waals surface area contributed by atoms with Crippen LogP contribution in [0.4, 0.5) is 5.82 Å². The number of amides is 2. The van der Waals surface area contributed by atoms with Crippen LogP contribution in [0, 0.1) is 0 Å². The van der Waals surface area contributed by atoms with E-state index in [1.165, 1.54) is 0 Å². The molecule has 2 aromatic heterocycles. The van der Waals surface area contributed by atoms with Gasteiger partial charge < -0.3 is 20.5 Å². The summed E-state index contributed by atoms with van der Waals surface area (Å²) < 4.78 is 0. The van der Waals surface area contributed by atoms with Gasteiger partial charge in [-0.05, 0) is 25.0 Å². The molecule has 1 saturated heterocycles. The van der Waals surface area contributed by atoms with Crippen LogP contribution in [0.15, 0.2) is 24.7 Å². The van der Waals surface area contributed by atoms with E-state index >= 15 is 0 Å². The van der Waals surface area contributed by atoms with Crippen molar-refractivity contribution >= 4 is 17.6 Å². The molecule has 0 radical (unpaired) electrons. The molecule has 0 aromatic carbocycles. The fourth-order valence-corrected chi connectivity index (χ4v) is 4.39. The van der Waals surface area contributed by atoms with Crippen molar-refractivity contribution < 1.29 is 9.59 Å². The maximum Gasteiger partial charge on any atom is 0.248 e. The number of fused-ring (bicyclic) bond motifs is 2. The lowest BCUT2D eigenvalue weighted by atomic mass is 9.78. The Morgan fingerprint density at radius 1 is 1.26 bits per heavy atom. The molecule has 0 aliphatic carbocycles. The molecule has 2 aromatic rings. The zero-order valence-corrected chi connectivity index (χ0v) is 15.4. The lowest BCUT2D eigenvalue weighted by molar-refractivity contribution is -0.140. The third-order valence-electron chi connectivity index (χ3n) is 5.81. The summed E-state index contributed by atoms with van der Waals surface area (Å²) in [5.74, 6) is 0.457. The number of nitrogens with zero attached hydrogens (tertiary/aromatic N) is 4. The minimum Gasteiger partial charge on any atom is -0.366 e. The van der Waals surface area contributed by atoms with Gasteiger partial charge in [-0.3, -0.25) is 9.59 Å². The lowest BCUT2D eigenvalue weighted by Crippen LogP contribution is -2.58. The van der Waals surface area contributed by atoms with E-state index in [-0.39, 0.29) is 11.4 Å². The molecule has 0 atom stereocenters. The van der Waals surface area contributed by atoms with E-state index in [2.05, 4.69) is 19.9 Å². The lowest BCUT2D eigenvalue weighted by Gasteiger charge is -2.50. The first-order valence-corrected chi connectivity index (χ1v) is 9.39. The van der Waals surface area contributed by atoms with Gasteiger partial charge in [-0.2, -0.15) is 0 Å². The summed E-state index contributed by atoms with van der Waals surface area (Å²) in [5.41, 5.74) is 7.63. The molecule has 8 nitrogen and oxygen atoms in total. The highest BCUT2D eigenvalue weighted by atomic mass is 16.2. The van der Waals surface area contributed by atoms with Crippen LogP contribution in [0.3, 0.4) is 0 Å². The smallest absolute Gasteiger partial charge is 0.248 e. The van der Waals surface area contributed by atoms with Gasteiger partial charge in [-0.1, -0.05) is 6.92 Å². The number of rotatable bonds is 3. The van der Waals surface area contributed by atoms with Gasteiger partial charge in [0.25, 0.3) is 0 Å². The predicted octanol–water partition coefficient (Wildman–Crippen LogP) is 1.19. The summed E-state index contributed by atoms with van der Waals surface area (Å²) in [6.07, 6.45) is 6.20. The Morgan fingerprint density at radius 2 is 2.04 bits per heavy atom. The van der Waals surface area contributed by atoms with Crippen molar-refractivity contribution in [2.75, 3.05) is 24.5 Å². The largest absolute Gasteiger partial charge is 0.366 e. The van der Waals surface area contributed by atoms with Crippen LogP contribution in [0.2, 0.25) is 0 Å². The van der Waals surface area contributed by atoms with Crippen molar-refractivity contribution in [3.63, 3.8) is 0 Å². The fourth-order valence-electron chi connectivity index (χ4n) is 4.39. The highest BCUT2D eigenvalue weighted by Gasteiger charge is 2.48.